The lowest BCUT2D eigenvalue weighted by molar-refractivity contribution is -0.160. The molecule has 0 aromatic heterocycles. The monoisotopic (exact) mass is 286 g/mol. The van der Waals surface area contributed by atoms with Gasteiger partial charge in [0.05, 0.1) is 0 Å². The molecule has 0 saturated carbocycles. The van der Waals surface area contributed by atoms with Crippen LogP contribution in [0.3, 0.4) is 0 Å². The number of carbonyl (C=O) groups is 2. The largest absolute Gasteiger partial charge is 0.458 e. The number of likely N-dealkylation sites (tertiary alicyclic amines) is 1. The van der Waals surface area contributed by atoms with Crippen molar-refractivity contribution in [1.29, 1.82) is 0 Å². The quantitative estimate of drug-likeness (QED) is 0.741. The van der Waals surface area contributed by atoms with Crippen LogP contribution in [0.25, 0.3) is 0 Å². The van der Waals surface area contributed by atoms with Gasteiger partial charge in [0.15, 0.2) is 0 Å². The molecule has 1 amide bonds. The molecule has 1 rings (SSSR count). The first-order valence-electron chi connectivity index (χ1n) is 6.89. The van der Waals surface area contributed by atoms with Crippen molar-refractivity contribution in [3.05, 3.63) is 0 Å². The highest BCUT2D eigenvalue weighted by molar-refractivity contribution is 5.83. The topological polar surface area (TPSA) is 81.9 Å². The Kier molecular flexibility index (Phi) is 4.69. The summed E-state index contributed by atoms with van der Waals surface area (Å²) in [6.45, 7) is 11.1. The first-order chi connectivity index (χ1) is 8.91. The van der Waals surface area contributed by atoms with Crippen molar-refractivity contribution in [2.75, 3.05) is 6.54 Å². The van der Waals surface area contributed by atoms with E-state index in [-0.39, 0.29) is 0 Å². The number of nitrogens with two attached hydrogens (primary N) is 1. The minimum absolute atomic E-state index is 0.403. The van der Waals surface area contributed by atoms with E-state index in [2.05, 4.69) is 0 Å². The van der Waals surface area contributed by atoms with Gasteiger partial charge in [0.25, 0.3) is 0 Å². The van der Waals surface area contributed by atoms with E-state index in [1.807, 2.05) is 0 Å². The molecule has 6 nitrogen and oxygen atoms in total. The molecule has 0 aromatic rings. The maximum absolute atomic E-state index is 12.2. The molecule has 0 aliphatic carbocycles. The van der Waals surface area contributed by atoms with Crippen LogP contribution in [-0.2, 0) is 14.3 Å². The van der Waals surface area contributed by atoms with Crippen molar-refractivity contribution in [2.45, 2.75) is 71.2 Å². The number of rotatable bonds is 1. The predicted octanol–water partition coefficient (Wildman–Crippen LogP) is 1.66. The van der Waals surface area contributed by atoms with E-state index in [1.165, 1.54) is 4.90 Å². The third kappa shape index (κ3) is 4.67. The van der Waals surface area contributed by atoms with Gasteiger partial charge in [-0.3, -0.25) is 4.90 Å². The van der Waals surface area contributed by atoms with E-state index in [0.717, 1.165) is 0 Å². The first kappa shape index (κ1) is 16.8. The van der Waals surface area contributed by atoms with Gasteiger partial charge < -0.3 is 15.2 Å². The Bertz CT molecular complexity index is 382. The zero-order chi connectivity index (χ0) is 15.7. The number of carbonyl (C=O) groups excluding carboxylic acids is 2. The van der Waals surface area contributed by atoms with Gasteiger partial charge in [-0.05, 0) is 48.0 Å². The Morgan fingerprint density at radius 3 is 2.00 bits per heavy atom. The number of amides is 1. The van der Waals surface area contributed by atoms with Crippen molar-refractivity contribution >= 4 is 12.1 Å². The fraction of sp³-hybridized carbons (Fsp3) is 0.857. The summed E-state index contributed by atoms with van der Waals surface area (Å²) in [6.07, 6.45) is 0.0321. The van der Waals surface area contributed by atoms with Crippen molar-refractivity contribution in [1.82, 2.24) is 4.90 Å². The summed E-state index contributed by atoms with van der Waals surface area (Å²) in [7, 11) is 0. The normalized spacial score (nSPS) is 23.6. The molecule has 20 heavy (non-hydrogen) atoms. The molecule has 2 atom stereocenters. The van der Waals surface area contributed by atoms with E-state index < -0.39 is 35.3 Å². The molecule has 0 unspecified atom stereocenters. The average Bonchev–Trinajstić information content (AvgIpc) is 2.54. The SMILES string of the molecule is CC(C)(C)OC(=O)[C@H]1[C@H](N)CCN1C(=O)OC(C)(C)C. The Morgan fingerprint density at radius 1 is 1.05 bits per heavy atom. The third-order valence-electron chi connectivity index (χ3n) is 2.72. The van der Waals surface area contributed by atoms with E-state index in [4.69, 9.17) is 15.2 Å². The highest BCUT2D eigenvalue weighted by Crippen LogP contribution is 2.23. The minimum atomic E-state index is -0.774. The highest BCUT2D eigenvalue weighted by atomic mass is 16.6. The molecule has 116 valence electrons. The van der Waals surface area contributed by atoms with Crippen LogP contribution >= 0.6 is 0 Å². The van der Waals surface area contributed by atoms with Crippen molar-refractivity contribution in [3.63, 3.8) is 0 Å². The molecular formula is C14H26N2O4. The van der Waals surface area contributed by atoms with Crippen LogP contribution in [0.1, 0.15) is 48.0 Å². The minimum Gasteiger partial charge on any atom is -0.458 e. The maximum Gasteiger partial charge on any atom is 0.411 e. The summed E-state index contributed by atoms with van der Waals surface area (Å²) < 4.78 is 10.6. The van der Waals surface area contributed by atoms with Gasteiger partial charge in [-0.1, -0.05) is 0 Å². The van der Waals surface area contributed by atoms with Crippen molar-refractivity contribution in [3.8, 4) is 0 Å². The predicted molar refractivity (Wildman–Crippen MR) is 75.2 cm³/mol. The lowest BCUT2D eigenvalue weighted by atomic mass is 10.1. The fourth-order valence-corrected chi connectivity index (χ4v) is 2.01. The lowest BCUT2D eigenvalue weighted by Gasteiger charge is -2.30. The molecule has 0 bridgehead atoms. The van der Waals surface area contributed by atoms with E-state index >= 15 is 0 Å². The van der Waals surface area contributed by atoms with Gasteiger partial charge >= 0.3 is 12.1 Å². The summed E-state index contributed by atoms with van der Waals surface area (Å²) in [5, 5.41) is 0. The molecule has 1 fully saturated rings. The standard InChI is InChI=1S/C14H26N2O4/c1-13(2,3)19-11(17)10-9(15)7-8-16(10)12(18)20-14(4,5)6/h9-10H,7-8,15H2,1-6H3/t9-,10-/m1/s1. The van der Waals surface area contributed by atoms with Gasteiger partial charge in [-0.2, -0.15) is 0 Å². The second kappa shape index (κ2) is 5.60. The summed E-state index contributed by atoms with van der Waals surface area (Å²) in [5.74, 6) is -0.478. The number of esters is 1. The van der Waals surface area contributed by atoms with Gasteiger partial charge in [-0.15, -0.1) is 0 Å². The molecule has 2 N–H and O–H groups in total. The van der Waals surface area contributed by atoms with Gasteiger partial charge in [0.2, 0.25) is 0 Å². The second-order valence-corrected chi connectivity index (χ2v) is 7.10. The van der Waals surface area contributed by atoms with Crippen molar-refractivity contribution < 1.29 is 19.1 Å². The zero-order valence-corrected chi connectivity index (χ0v) is 13.2. The van der Waals surface area contributed by atoms with E-state index in [9.17, 15) is 9.59 Å². The molecule has 6 heteroatoms. The Balaban J connectivity index is 2.81. The zero-order valence-electron chi connectivity index (χ0n) is 13.2. The number of hydrogen-bond acceptors (Lipinski definition) is 5. The number of nitrogens with zero attached hydrogens (tertiary/aromatic N) is 1. The van der Waals surface area contributed by atoms with E-state index in [0.29, 0.717) is 13.0 Å². The van der Waals surface area contributed by atoms with Crippen LogP contribution in [-0.4, -0.2) is 46.8 Å². The Hall–Kier alpha value is -1.30. The summed E-state index contributed by atoms with van der Waals surface area (Å²) in [4.78, 5) is 25.7. The van der Waals surface area contributed by atoms with Gasteiger partial charge in [0, 0.05) is 12.6 Å². The second-order valence-electron chi connectivity index (χ2n) is 7.10. The van der Waals surface area contributed by atoms with Crippen LogP contribution in [0.15, 0.2) is 0 Å². The smallest absolute Gasteiger partial charge is 0.411 e. The molecule has 1 saturated heterocycles. The summed E-state index contributed by atoms with van der Waals surface area (Å²) in [6, 6.07) is -1.19. The highest BCUT2D eigenvalue weighted by Gasteiger charge is 2.43. The Morgan fingerprint density at radius 2 is 1.55 bits per heavy atom. The van der Waals surface area contributed by atoms with Gasteiger partial charge in [-0.25, -0.2) is 9.59 Å². The van der Waals surface area contributed by atoms with Crippen LogP contribution in [0.2, 0.25) is 0 Å². The summed E-state index contributed by atoms with van der Waals surface area (Å²) in [5.41, 5.74) is 4.72. The molecule has 0 aromatic carbocycles. The van der Waals surface area contributed by atoms with E-state index in [1.54, 1.807) is 41.5 Å². The van der Waals surface area contributed by atoms with Crippen LogP contribution in [0.4, 0.5) is 4.79 Å². The molecule has 0 radical (unpaired) electrons. The molecular weight excluding hydrogens is 260 g/mol. The van der Waals surface area contributed by atoms with Crippen LogP contribution in [0.5, 0.6) is 0 Å². The fourth-order valence-electron chi connectivity index (χ4n) is 2.01. The van der Waals surface area contributed by atoms with Crippen LogP contribution in [0, 0.1) is 0 Å². The summed E-state index contributed by atoms with van der Waals surface area (Å²) >= 11 is 0. The number of hydrogen-bond donors (Lipinski definition) is 1. The molecule has 1 heterocycles. The maximum atomic E-state index is 12.2. The third-order valence-corrected chi connectivity index (χ3v) is 2.72. The number of ether oxygens (including phenoxy) is 2. The van der Waals surface area contributed by atoms with Gasteiger partial charge in [0.1, 0.15) is 17.2 Å². The van der Waals surface area contributed by atoms with Crippen molar-refractivity contribution in [2.24, 2.45) is 5.73 Å². The van der Waals surface area contributed by atoms with Crippen LogP contribution < -0.4 is 5.73 Å². The first-order valence-corrected chi connectivity index (χ1v) is 6.89. The Labute approximate surface area is 120 Å². The average molecular weight is 286 g/mol. The molecule has 0 spiro atoms. The molecule has 1 aliphatic rings. The lowest BCUT2D eigenvalue weighted by Crippen LogP contribution is -2.51. The molecule has 1 aliphatic heterocycles.